The first-order chi connectivity index (χ1) is 11.9. The Hall–Kier alpha value is -2.26. The van der Waals surface area contributed by atoms with Crippen molar-refractivity contribution in [3.8, 4) is 11.4 Å². The molecule has 2 aromatic rings. The molecule has 3 rings (SSSR count). The molecule has 0 saturated carbocycles. The molecule has 134 valence electrons. The number of carbonyl (C=O) groups excluding carboxylic acids is 1. The van der Waals surface area contributed by atoms with Gasteiger partial charge in [-0.2, -0.15) is 4.31 Å². The van der Waals surface area contributed by atoms with Gasteiger partial charge in [0.2, 0.25) is 10.0 Å². The number of hydrogen-bond acceptors (Lipinski definition) is 6. The molecule has 1 aliphatic rings. The molecule has 25 heavy (non-hydrogen) atoms. The maximum atomic E-state index is 12.5. The highest BCUT2D eigenvalue weighted by Crippen LogP contribution is 2.28. The number of nitrogens with zero attached hydrogens (tertiary/aromatic N) is 4. The van der Waals surface area contributed by atoms with Crippen molar-refractivity contribution in [2.45, 2.75) is 25.9 Å². The van der Waals surface area contributed by atoms with Crippen LogP contribution in [0, 0.1) is 0 Å². The fraction of sp³-hybridized carbons (Fsp3) is 0.438. The van der Waals surface area contributed by atoms with Crippen molar-refractivity contribution in [1.29, 1.82) is 0 Å². The molecule has 0 spiro atoms. The summed E-state index contributed by atoms with van der Waals surface area (Å²) in [5, 5.41) is 8.41. The quantitative estimate of drug-likeness (QED) is 0.740. The number of methoxy groups -OCH3 is 1. The fourth-order valence-electron chi connectivity index (χ4n) is 2.93. The van der Waals surface area contributed by atoms with E-state index in [0.717, 1.165) is 11.4 Å². The Morgan fingerprint density at radius 1 is 1.28 bits per heavy atom. The van der Waals surface area contributed by atoms with Gasteiger partial charge in [-0.05, 0) is 6.92 Å². The van der Waals surface area contributed by atoms with Gasteiger partial charge in [0.1, 0.15) is 5.82 Å². The molecule has 0 radical (unpaired) electrons. The molecule has 1 atom stereocenters. The van der Waals surface area contributed by atoms with E-state index in [1.54, 1.807) is 0 Å². The van der Waals surface area contributed by atoms with Gasteiger partial charge in [-0.1, -0.05) is 30.3 Å². The maximum Gasteiger partial charge on any atom is 0.306 e. The molecule has 0 amide bonds. The van der Waals surface area contributed by atoms with Crippen molar-refractivity contribution in [3.63, 3.8) is 0 Å². The Balaban J connectivity index is 1.83. The van der Waals surface area contributed by atoms with E-state index in [9.17, 15) is 13.2 Å². The van der Waals surface area contributed by atoms with E-state index in [2.05, 4.69) is 14.9 Å². The fourth-order valence-corrected chi connectivity index (χ4v) is 4.37. The molecule has 2 heterocycles. The zero-order valence-electron chi connectivity index (χ0n) is 14.1. The summed E-state index contributed by atoms with van der Waals surface area (Å²) in [6.45, 7) is 2.39. The summed E-state index contributed by atoms with van der Waals surface area (Å²) in [4.78, 5) is 11.2. The highest BCUT2D eigenvalue weighted by molar-refractivity contribution is 7.89. The minimum atomic E-state index is -3.57. The number of ether oxygens (including phenoxy) is 1. The van der Waals surface area contributed by atoms with Crippen LogP contribution in [0.15, 0.2) is 30.3 Å². The van der Waals surface area contributed by atoms with Gasteiger partial charge in [-0.3, -0.25) is 4.79 Å². The van der Waals surface area contributed by atoms with E-state index in [0.29, 0.717) is 12.4 Å². The normalized spacial score (nSPS) is 17.9. The van der Waals surface area contributed by atoms with Crippen molar-refractivity contribution in [2.75, 3.05) is 19.4 Å². The van der Waals surface area contributed by atoms with Gasteiger partial charge in [0.15, 0.2) is 5.82 Å². The van der Waals surface area contributed by atoms with Crippen LogP contribution < -0.4 is 0 Å². The zero-order chi connectivity index (χ0) is 18.0. The number of hydrogen-bond donors (Lipinski definition) is 0. The average Bonchev–Trinajstić information content (AvgIpc) is 3.05. The third-order valence-corrected chi connectivity index (χ3v) is 6.00. The van der Waals surface area contributed by atoms with Crippen LogP contribution in [0.1, 0.15) is 25.2 Å². The highest BCUT2D eigenvalue weighted by Gasteiger charge is 2.33. The second-order valence-electron chi connectivity index (χ2n) is 5.96. The first-order valence-corrected chi connectivity index (χ1v) is 9.57. The van der Waals surface area contributed by atoms with E-state index < -0.39 is 16.0 Å². The zero-order valence-corrected chi connectivity index (χ0v) is 14.9. The third-order valence-electron chi connectivity index (χ3n) is 4.21. The number of fused-ring (bicyclic) bond motifs is 1. The molecular weight excluding hydrogens is 344 g/mol. The molecule has 1 aromatic carbocycles. The number of sulfonamides is 1. The first-order valence-electron chi connectivity index (χ1n) is 7.96. The summed E-state index contributed by atoms with van der Waals surface area (Å²) in [6, 6.07) is 9.56. The van der Waals surface area contributed by atoms with E-state index >= 15 is 0 Å². The molecule has 0 saturated heterocycles. The van der Waals surface area contributed by atoms with E-state index in [1.165, 1.54) is 11.4 Å². The maximum absolute atomic E-state index is 12.5. The van der Waals surface area contributed by atoms with Crippen molar-refractivity contribution < 1.29 is 17.9 Å². The van der Waals surface area contributed by atoms with Crippen LogP contribution in [0.2, 0.25) is 0 Å². The number of benzene rings is 1. The second kappa shape index (κ2) is 6.93. The standard InChI is InChI=1S/C16H20N4O4S/c1-12-10-19(25(22,23)9-8-15(21)24-2)11-14-17-18-16(20(12)14)13-6-4-3-5-7-13/h3-7,12H,8-11H2,1-2H3/t12-/m0/s1. The van der Waals surface area contributed by atoms with Crippen molar-refractivity contribution in [3.05, 3.63) is 36.2 Å². The second-order valence-corrected chi connectivity index (χ2v) is 8.05. The van der Waals surface area contributed by atoms with Crippen LogP contribution in [0.25, 0.3) is 11.4 Å². The number of rotatable bonds is 5. The van der Waals surface area contributed by atoms with Gasteiger partial charge in [-0.25, -0.2) is 8.42 Å². The van der Waals surface area contributed by atoms with E-state index in [1.807, 2.05) is 41.8 Å². The Morgan fingerprint density at radius 3 is 2.68 bits per heavy atom. The van der Waals surface area contributed by atoms with E-state index in [-0.39, 0.29) is 24.8 Å². The minimum Gasteiger partial charge on any atom is -0.469 e. The van der Waals surface area contributed by atoms with Crippen molar-refractivity contribution in [1.82, 2.24) is 19.1 Å². The smallest absolute Gasteiger partial charge is 0.306 e. The molecule has 0 unspecified atom stereocenters. The third kappa shape index (κ3) is 3.57. The lowest BCUT2D eigenvalue weighted by Gasteiger charge is -2.31. The summed E-state index contributed by atoms with van der Waals surface area (Å²) in [5.41, 5.74) is 0.940. The molecule has 0 fully saturated rings. The van der Waals surface area contributed by atoms with Gasteiger partial charge in [0.05, 0.1) is 25.8 Å². The lowest BCUT2D eigenvalue weighted by atomic mass is 10.2. The number of aromatic nitrogens is 3. The topological polar surface area (TPSA) is 94.4 Å². The van der Waals surface area contributed by atoms with Crippen LogP contribution in [0.5, 0.6) is 0 Å². The van der Waals surface area contributed by atoms with Gasteiger partial charge in [0.25, 0.3) is 0 Å². The van der Waals surface area contributed by atoms with Crippen molar-refractivity contribution in [2.24, 2.45) is 0 Å². The van der Waals surface area contributed by atoms with Gasteiger partial charge in [0, 0.05) is 18.2 Å². The highest BCUT2D eigenvalue weighted by atomic mass is 32.2. The lowest BCUT2D eigenvalue weighted by Crippen LogP contribution is -2.41. The summed E-state index contributed by atoms with van der Waals surface area (Å²) < 4.78 is 32.8. The molecule has 9 heteroatoms. The summed E-state index contributed by atoms with van der Waals surface area (Å²) in [5.74, 6) is 0.517. The molecule has 0 aliphatic carbocycles. The van der Waals surface area contributed by atoms with Crippen LogP contribution in [-0.2, 0) is 26.1 Å². The molecule has 8 nitrogen and oxygen atoms in total. The number of carbonyl (C=O) groups is 1. The number of esters is 1. The monoisotopic (exact) mass is 364 g/mol. The summed E-state index contributed by atoms with van der Waals surface area (Å²) in [6.07, 6.45) is -0.161. The van der Waals surface area contributed by atoms with Gasteiger partial charge in [-0.15, -0.1) is 10.2 Å². The molecular formula is C16H20N4O4S. The molecule has 1 aliphatic heterocycles. The Labute approximate surface area is 146 Å². The van der Waals surface area contributed by atoms with Crippen molar-refractivity contribution >= 4 is 16.0 Å². The lowest BCUT2D eigenvalue weighted by molar-refractivity contribution is -0.140. The predicted octanol–water partition coefficient (Wildman–Crippen LogP) is 1.21. The average molecular weight is 364 g/mol. The first kappa shape index (κ1) is 17.6. The van der Waals surface area contributed by atoms with Crippen LogP contribution in [0.4, 0.5) is 0 Å². The van der Waals surface area contributed by atoms with E-state index in [4.69, 9.17) is 0 Å². The molecule has 1 aromatic heterocycles. The predicted molar refractivity (Wildman–Crippen MR) is 91.0 cm³/mol. The molecule has 0 bridgehead atoms. The summed E-state index contributed by atoms with van der Waals surface area (Å²) in [7, 11) is -2.33. The van der Waals surface area contributed by atoms with Gasteiger partial charge < -0.3 is 9.30 Å². The Morgan fingerprint density at radius 2 is 2.00 bits per heavy atom. The molecule has 0 N–H and O–H groups in total. The minimum absolute atomic E-state index is 0.109. The Bertz CT molecular complexity index is 864. The Kier molecular flexibility index (Phi) is 4.87. The van der Waals surface area contributed by atoms with Gasteiger partial charge >= 0.3 is 5.97 Å². The SMILES string of the molecule is COC(=O)CCS(=O)(=O)N1Cc2nnc(-c3ccccc3)n2[C@@H](C)C1. The van der Waals surface area contributed by atoms with Crippen LogP contribution in [0.3, 0.4) is 0 Å². The summed E-state index contributed by atoms with van der Waals surface area (Å²) >= 11 is 0. The van der Waals surface area contributed by atoms with Crippen LogP contribution in [-0.4, -0.2) is 52.9 Å². The largest absolute Gasteiger partial charge is 0.469 e. The van der Waals surface area contributed by atoms with Crippen LogP contribution >= 0.6 is 0 Å².